The number of hydrogen-bond acceptors (Lipinski definition) is 8. The Morgan fingerprint density at radius 2 is 1.69 bits per heavy atom. The summed E-state index contributed by atoms with van der Waals surface area (Å²) in [7, 11) is 1.27. The summed E-state index contributed by atoms with van der Waals surface area (Å²) in [4.78, 5) is 42.6. The number of benzene rings is 1. The molecule has 0 radical (unpaired) electrons. The second-order valence-electron chi connectivity index (χ2n) is 16.7. The van der Waals surface area contributed by atoms with E-state index in [1.165, 1.54) is 7.11 Å². The highest BCUT2D eigenvalue weighted by Crippen LogP contribution is 2.50. The van der Waals surface area contributed by atoms with Crippen LogP contribution in [0.2, 0.25) is 0 Å². The lowest BCUT2D eigenvalue weighted by molar-refractivity contribution is -0.143. The Labute approximate surface area is 347 Å². The van der Waals surface area contributed by atoms with Gasteiger partial charge in [0.05, 0.1) is 69.8 Å². The highest BCUT2D eigenvalue weighted by atomic mass is 19.4. The second-order valence-corrected chi connectivity index (χ2v) is 16.7. The number of rotatable bonds is 7. The van der Waals surface area contributed by atoms with Gasteiger partial charge in [-0.2, -0.15) is 26.3 Å². The molecule has 8 rings (SSSR count). The molecule has 6 heterocycles. The molecule has 8 bridgehead atoms. The number of fused-ring (bicyclic) bond motifs is 5. The zero-order chi connectivity index (χ0) is 44.1. The van der Waals surface area contributed by atoms with E-state index in [-0.39, 0.29) is 64.2 Å². The van der Waals surface area contributed by atoms with Crippen LogP contribution in [0.1, 0.15) is 89.5 Å². The lowest BCUT2D eigenvalue weighted by Gasteiger charge is -2.31. The van der Waals surface area contributed by atoms with E-state index in [1.54, 1.807) is 13.0 Å². The van der Waals surface area contributed by atoms with Crippen LogP contribution in [-0.4, -0.2) is 46.3 Å². The average molecular weight is 846 g/mol. The number of halogens is 6. The molecule has 15 heteroatoms. The lowest BCUT2D eigenvalue weighted by Crippen LogP contribution is -2.48. The van der Waals surface area contributed by atoms with Crippen LogP contribution >= 0.6 is 0 Å². The predicted molar refractivity (Wildman–Crippen MR) is 218 cm³/mol. The van der Waals surface area contributed by atoms with Gasteiger partial charge in [0, 0.05) is 35.4 Å². The molecule has 0 amide bonds. The maximum absolute atomic E-state index is 14.6. The molecule has 0 saturated carbocycles. The van der Waals surface area contributed by atoms with E-state index in [0.29, 0.717) is 41.2 Å². The molecule has 61 heavy (non-hydrogen) atoms. The van der Waals surface area contributed by atoms with Crippen LogP contribution in [-0.2, 0) is 28.4 Å². The lowest BCUT2D eigenvalue weighted by atomic mass is 9.72. The van der Waals surface area contributed by atoms with E-state index in [1.807, 2.05) is 32.9 Å². The molecule has 1 fully saturated rings. The van der Waals surface area contributed by atoms with Crippen molar-refractivity contribution in [1.82, 2.24) is 9.88 Å². The summed E-state index contributed by atoms with van der Waals surface area (Å²) in [6.07, 6.45) is 1.31. The van der Waals surface area contributed by atoms with Crippen LogP contribution in [0.4, 0.5) is 26.3 Å². The summed E-state index contributed by atoms with van der Waals surface area (Å²) in [5, 5.41) is 16.3. The molecule has 1 aromatic heterocycles. The van der Waals surface area contributed by atoms with Gasteiger partial charge in [0.2, 0.25) is 5.88 Å². The van der Waals surface area contributed by atoms with Gasteiger partial charge in [-0.1, -0.05) is 45.9 Å². The van der Waals surface area contributed by atoms with Crippen molar-refractivity contribution >= 4 is 23.0 Å². The van der Waals surface area contributed by atoms with Crippen molar-refractivity contribution in [3.8, 4) is 5.88 Å². The van der Waals surface area contributed by atoms with E-state index < -0.39 is 58.9 Å². The van der Waals surface area contributed by atoms with Gasteiger partial charge < -0.3 is 9.84 Å². The number of esters is 1. The second kappa shape index (κ2) is 14.8. The summed E-state index contributed by atoms with van der Waals surface area (Å²) >= 11 is 0. The summed E-state index contributed by atoms with van der Waals surface area (Å²) in [6, 6.07) is 0.663. The van der Waals surface area contributed by atoms with Crippen LogP contribution < -0.4 is 21.5 Å². The van der Waals surface area contributed by atoms with E-state index in [4.69, 9.17) is 19.7 Å². The van der Waals surface area contributed by atoms with Gasteiger partial charge in [-0.25, -0.2) is 9.98 Å². The number of allylic oxidation sites excluding steroid dienone is 7. The largest absolute Gasteiger partial charge is 0.494 e. The highest BCUT2D eigenvalue weighted by Gasteiger charge is 2.49. The number of methoxy groups -OCH3 is 1. The normalized spacial score (nSPS) is 28.3. The number of carbonyl (C=O) groups excluding carboxylic acids is 1. The summed E-state index contributed by atoms with van der Waals surface area (Å²) in [5.41, 5.74) is 2.17. The first-order chi connectivity index (χ1) is 28.7. The molecule has 2 N–H and O–H groups in total. The third-order valence-electron chi connectivity index (χ3n) is 13.4. The fourth-order valence-electron chi connectivity index (χ4n) is 9.76. The molecule has 0 spiro atoms. The third-order valence-corrected chi connectivity index (χ3v) is 13.4. The van der Waals surface area contributed by atoms with Crippen LogP contribution in [0.15, 0.2) is 108 Å². The fraction of sp³-hybridized carbons (Fsp3) is 0.413. The van der Waals surface area contributed by atoms with Gasteiger partial charge in [-0.15, -0.1) is 0 Å². The van der Waals surface area contributed by atoms with Crippen molar-refractivity contribution in [3.63, 3.8) is 0 Å². The Morgan fingerprint density at radius 3 is 2.31 bits per heavy atom. The minimum atomic E-state index is -5.14. The number of nitrogens with zero attached hydrogens (tertiary/aromatic N) is 4. The topological polar surface area (TPSA) is 118 Å². The van der Waals surface area contributed by atoms with E-state index in [9.17, 15) is 41.0 Å². The maximum atomic E-state index is 14.6. The maximum Gasteiger partial charge on any atom is 0.416 e. The number of aromatic nitrogens is 1. The summed E-state index contributed by atoms with van der Waals surface area (Å²) in [6.45, 7) is 11.2. The van der Waals surface area contributed by atoms with Crippen LogP contribution in [0.5, 0.6) is 5.88 Å². The van der Waals surface area contributed by atoms with Crippen molar-refractivity contribution in [3.05, 3.63) is 131 Å². The first-order valence-electron chi connectivity index (χ1n) is 20.3. The van der Waals surface area contributed by atoms with Crippen LogP contribution in [0.3, 0.4) is 0 Å². The number of carbonyl (C=O) groups is 1. The number of aromatic hydroxyl groups is 1. The molecular weight excluding hydrogens is 801 g/mol. The van der Waals surface area contributed by atoms with Gasteiger partial charge in [-0.3, -0.25) is 24.5 Å². The smallest absolute Gasteiger partial charge is 0.416 e. The number of pyridine rings is 1. The fourth-order valence-corrected chi connectivity index (χ4v) is 9.76. The third kappa shape index (κ3) is 6.79. The Bertz CT molecular complexity index is 2730. The van der Waals surface area contributed by atoms with E-state index in [0.717, 1.165) is 39.0 Å². The molecule has 1 saturated heterocycles. The summed E-state index contributed by atoms with van der Waals surface area (Å²) in [5.74, 6) is -2.19. The minimum absolute atomic E-state index is 0.00453. The monoisotopic (exact) mass is 845 g/mol. The van der Waals surface area contributed by atoms with Gasteiger partial charge >= 0.3 is 18.3 Å². The standard InChI is InChI=1S/C46H45F6N5O4/c1-8-27-21(3)32-19-34-44(6,9-2)30-12-10-11-29(39(30)55-34)38-22(4)28(13-14-35(58)61-7)40(56-38)37-41-36(23(5)31(54-41)18-33(27)53-32)42(59)57(43(37)60)20-24-15-25(45(47,48)49)17-26(16-24)46(50,51)52/h10-12,15-19,22,28,34,39,55,60H,8-9,13-14,20H2,1-7H3/b31-18-,32-19-,38-29-/t22-,28-,34?,39?,44?/m0/s1. The van der Waals surface area contributed by atoms with Gasteiger partial charge in [0.15, 0.2) is 0 Å². The Hall–Kier alpha value is -5.57. The first-order valence-corrected chi connectivity index (χ1v) is 20.3. The minimum Gasteiger partial charge on any atom is -0.494 e. The molecule has 2 aromatic rings. The van der Waals surface area contributed by atoms with Crippen LogP contribution in [0, 0.1) is 17.3 Å². The van der Waals surface area contributed by atoms with Crippen molar-refractivity contribution in [2.24, 2.45) is 32.2 Å². The molecule has 1 aliphatic carbocycles. The molecular formula is C46H45F6N5O4. The van der Waals surface area contributed by atoms with Gasteiger partial charge in [-0.05, 0) is 96.9 Å². The number of ether oxygens (including phenoxy) is 1. The Kier molecular flexibility index (Phi) is 10.2. The van der Waals surface area contributed by atoms with Crippen molar-refractivity contribution in [1.29, 1.82) is 0 Å². The zero-order valence-electron chi connectivity index (χ0n) is 34.7. The van der Waals surface area contributed by atoms with Crippen LogP contribution in [0.25, 0.3) is 5.57 Å². The molecule has 3 unspecified atom stereocenters. The summed E-state index contributed by atoms with van der Waals surface area (Å²) < 4.78 is 89.9. The predicted octanol–water partition coefficient (Wildman–Crippen LogP) is 7.92. The molecule has 5 aliphatic heterocycles. The molecule has 6 aliphatic rings. The first kappa shape index (κ1) is 42.1. The van der Waals surface area contributed by atoms with Gasteiger partial charge in [0.1, 0.15) is 0 Å². The SMILES string of the molecule is CCC1=C(C)/C2=C/C3NC4C(=CC=C/C4=C4/N=C(c5c(O)n(Cc6cc(C(F)(F)F)cc(C(F)(F)F)c6)c(=O)c6c5=N/C(=C\C1=N2)C=6C)[C@@H](CCC(=O)OC)[C@@H]4C)C3(C)CC. The zero-order valence-corrected chi connectivity index (χ0v) is 34.7. The molecule has 9 nitrogen and oxygen atoms in total. The van der Waals surface area contributed by atoms with E-state index >= 15 is 0 Å². The van der Waals surface area contributed by atoms with Crippen molar-refractivity contribution < 1.29 is 41.0 Å². The number of alkyl halides is 6. The molecule has 5 atom stereocenters. The van der Waals surface area contributed by atoms with E-state index in [2.05, 4.69) is 31.3 Å². The quantitative estimate of drug-likeness (QED) is 0.217. The Balaban J connectivity index is 1.46. The van der Waals surface area contributed by atoms with Crippen molar-refractivity contribution in [2.75, 3.05) is 7.11 Å². The average Bonchev–Trinajstić information content (AvgIpc) is 3.89. The van der Waals surface area contributed by atoms with Crippen molar-refractivity contribution in [2.45, 2.75) is 98.2 Å². The molecule has 320 valence electrons. The molecule has 1 aromatic carbocycles. The number of aliphatic imine (C=N–C) groups is 2. The number of hydrogen-bond donors (Lipinski definition) is 2. The number of nitrogens with one attached hydrogen (secondary N) is 1. The Morgan fingerprint density at radius 1 is 1.00 bits per heavy atom. The van der Waals surface area contributed by atoms with Gasteiger partial charge in [0.25, 0.3) is 5.56 Å². The highest BCUT2D eigenvalue weighted by molar-refractivity contribution is 6.13.